The summed E-state index contributed by atoms with van der Waals surface area (Å²) in [7, 11) is 0. The minimum Gasteiger partial charge on any atom is -0.399 e. The Labute approximate surface area is 103 Å². The summed E-state index contributed by atoms with van der Waals surface area (Å²) in [5.41, 5.74) is 7.26. The maximum absolute atomic E-state index is 6.10. The molecule has 0 unspecified atom stereocenters. The van der Waals surface area contributed by atoms with Crippen LogP contribution < -0.4 is 5.73 Å². The fourth-order valence-corrected chi connectivity index (χ4v) is 2.42. The van der Waals surface area contributed by atoms with Crippen molar-refractivity contribution in [3.8, 4) is 10.6 Å². The Balaban J connectivity index is 2.46. The van der Waals surface area contributed by atoms with Gasteiger partial charge in [0, 0.05) is 17.2 Å². The largest absolute Gasteiger partial charge is 0.399 e. The quantitative estimate of drug-likeness (QED) is 0.833. The van der Waals surface area contributed by atoms with E-state index in [4.69, 9.17) is 17.3 Å². The molecule has 0 bridgehead atoms. The van der Waals surface area contributed by atoms with Crippen LogP contribution in [-0.2, 0) is 0 Å². The van der Waals surface area contributed by atoms with Crippen molar-refractivity contribution in [3.63, 3.8) is 0 Å². The summed E-state index contributed by atoms with van der Waals surface area (Å²) in [4.78, 5) is 0. The van der Waals surface area contributed by atoms with Gasteiger partial charge in [-0.3, -0.25) is 0 Å². The van der Waals surface area contributed by atoms with E-state index in [-0.39, 0.29) is 0 Å². The van der Waals surface area contributed by atoms with Crippen LogP contribution in [-0.4, -0.2) is 10.2 Å². The lowest BCUT2D eigenvalue weighted by Crippen LogP contribution is -1.86. The van der Waals surface area contributed by atoms with Crippen LogP contribution in [0.3, 0.4) is 0 Å². The standard InChI is InChI=1S/C11H12ClN3S/c1-6(2)10-14-15-11(16-10)8-5-7(13)3-4-9(8)12/h3-6H,13H2,1-2H3. The lowest BCUT2D eigenvalue weighted by Gasteiger charge is -2.00. The van der Waals surface area contributed by atoms with E-state index < -0.39 is 0 Å². The number of benzene rings is 1. The van der Waals surface area contributed by atoms with Gasteiger partial charge < -0.3 is 5.73 Å². The van der Waals surface area contributed by atoms with Gasteiger partial charge in [0.1, 0.15) is 10.0 Å². The molecule has 1 aromatic heterocycles. The van der Waals surface area contributed by atoms with E-state index >= 15 is 0 Å². The molecule has 0 saturated carbocycles. The van der Waals surface area contributed by atoms with Crippen LogP contribution >= 0.6 is 22.9 Å². The maximum Gasteiger partial charge on any atom is 0.149 e. The molecular weight excluding hydrogens is 242 g/mol. The zero-order valence-electron chi connectivity index (χ0n) is 9.07. The summed E-state index contributed by atoms with van der Waals surface area (Å²) in [6.07, 6.45) is 0. The molecule has 0 saturated heterocycles. The first-order valence-electron chi connectivity index (χ1n) is 4.96. The zero-order chi connectivity index (χ0) is 11.7. The highest BCUT2D eigenvalue weighted by molar-refractivity contribution is 7.14. The Bertz CT molecular complexity index is 508. The van der Waals surface area contributed by atoms with Crippen molar-refractivity contribution in [2.75, 3.05) is 5.73 Å². The second-order valence-electron chi connectivity index (χ2n) is 3.84. The topological polar surface area (TPSA) is 51.8 Å². The molecule has 1 aromatic carbocycles. The van der Waals surface area contributed by atoms with Gasteiger partial charge in [0.2, 0.25) is 0 Å². The van der Waals surface area contributed by atoms with E-state index in [1.807, 2.05) is 6.07 Å². The second-order valence-corrected chi connectivity index (χ2v) is 5.26. The molecule has 0 amide bonds. The van der Waals surface area contributed by atoms with Gasteiger partial charge in [-0.05, 0) is 18.2 Å². The Morgan fingerprint density at radius 3 is 2.69 bits per heavy atom. The molecule has 2 N–H and O–H groups in total. The minimum absolute atomic E-state index is 0.381. The van der Waals surface area contributed by atoms with Crippen LogP contribution in [0, 0.1) is 0 Å². The van der Waals surface area contributed by atoms with E-state index in [1.165, 1.54) is 0 Å². The molecule has 16 heavy (non-hydrogen) atoms. The molecule has 0 aliphatic carbocycles. The number of nitrogens with two attached hydrogens (primary N) is 1. The summed E-state index contributed by atoms with van der Waals surface area (Å²) >= 11 is 7.66. The molecule has 5 heteroatoms. The average molecular weight is 254 g/mol. The number of nitrogens with zero attached hydrogens (tertiary/aromatic N) is 2. The highest BCUT2D eigenvalue weighted by Crippen LogP contribution is 2.33. The number of halogens is 1. The lowest BCUT2D eigenvalue weighted by molar-refractivity contribution is 0.825. The molecule has 0 aliphatic rings. The second kappa shape index (κ2) is 4.39. The zero-order valence-corrected chi connectivity index (χ0v) is 10.6. The normalized spacial score (nSPS) is 11.0. The summed E-state index contributed by atoms with van der Waals surface area (Å²) in [5.74, 6) is 0.381. The fourth-order valence-electron chi connectivity index (χ4n) is 1.28. The Morgan fingerprint density at radius 2 is 2.06 bits per heavy atom. The number of rotatable bonds is 2. The van der Waals surface area contributed by atoms with Gasteiger partial charge >= 0.3 is 0 Å². The molecule has 1 heterocycles. The third kappa shape index (κ3) is 2.18. The van der Waals surface area contributed by atoms with E-state index in [1.54, 1.807) is 23.5 Å². The first-order valence-corrected chi connectivity index (χ1v) is 6.16. The highest BCUT2D eigenvalue weighted by atomic mass is 35.5. The molecule has 3 nitrogen and oxygen atoms in total. The van der Waals surface area contributed by atoms with Gasteiger partial charge in [-0.15, -0.1) is 10.2 Å². The van der Waals surface area contributed by atoms with Crippen molar-refractivity contribution >= 4 is 28.6 Å². The lowest BCUT2D eigenvalue weighted by atomic mass is 10.2. The van der Waals surface area contributed by atoms with Crippen LogP contribution in [0.2, 0.25) is 5.02 Å². The predicted octanol–water partition coefficient (Wildman–Crippen LogP) is 3.56. The van der Waals surface area contributed by atoms with Gasteiger partial charge in [-0.1, -0.05) is 36.8 Å². The third-order valence-corrected chi connectivity index (χ3v) is 3.74. The molecule has 0 radical (unpaired) electrons. The smallest absolute Gasteiger partial charge is 0.149 e. The monoisotopic (exact) mass is 253 g/mol. The van der Waals surface area contributed by atoms with Crippen molar-refractivity contribution in [1.29, 1.82) is 0 Å². The molecule has 0 spiro atoms. The number of hydrogen-bond donors (Lipinski definition) is 1. The average Bonchev–Trinajstić information content (AvgIpc) is 2.70. The maximum atomic E-state index is 6.10. The summed E-state index contributed by atoms with van der Waals surface area (Å²) in [6, 6.07) is 5.38. The number of hydrogen-bond acceptors (Lipinski definition) is 4. The first kappa shape index (κ1) is 11.4. The molecule has 2 aromatic rings. The molecule has 0 fully saturated rings. The van der Waals surface area contributed by atoms with E-state index in [0.29, 0.717) is 16.6 Å². The van der Waals surface area contributed by atoms with Crippen molar-refractivity contribution in [2.45, 2.75) is 19.8 Å². The van der Waals surface area contributed by atoms with Gasteiger partial charge in [0.25, 0.3) is 0 Å². The molecule has 84 valence electrons. The molecule has 0 atom stereocenters. The van der Waals surface area contributed by atoms with Crippen LogP contribution in [0.15, 0.2) is 18.2 Å². The fraction of sp³-hybridized carbons (Fsp3) is 0.273. The summed E-state index contributed by atoms with van der Waals surface area (Å²) < 4.78 is 0. The highest BCUT2D eigenvalue weighted by Gasteiger charge is 2.12. The Morgan fingerprint density at radius 1 is 1.31 bits per heavy atom. The minimum atomic E-state index is 0.381. The van der Waals surface area contributed by atoms with Crippen LogP contribution in [0.5, 0.6) is 0 Å². The molecule has 2 rings (SSSR count). The van der Waals surface area contributed by atoms with Gasteiger partial charge in [-0.25, -0.2) is 0 Å². The van der Waals surface area contributed by atoms with Crippen LogP contribution in [0.25, 0.3) is 10.6 Å². The Hall–Kier alpha value is -1.13. The number of anilines is 1. The SMILES string of the molecule is CC(C)c1nnc(-c2cc(N)ccc2Cl)s1. The van der Waals surface area contributed by atoms with Crippen LogP contribution in [0.4, 0.5) is 5.69 Å². The third-order valence-electron chi connectivity index (χ3n) is 2.16. The summed E-state index contributed by atoms with van der Waals surface area (Å²) in [6.45, 7) is 4.18. The van der Waals surface area contributed by atoms with Gasteiger partial charge in [0.15, 0.2) is 0 Å². The molecular formula is C11H12ClN3S. The number of nitrogen functional groups attached to an aromatic ring is 1. The van der Waals surface area contributed by atoms with E-state index in [0.717, 1.165) is 15.6 Å². The predicted molar refractivity (Wildman–Crippen MR) is 68.9 cm³/mol. The summed E-state index contributed by atoms with van der Waals surface area (Å²) in [5, 5.41) is 10.8. The van der Waals surface area contributed by atoms with Gasteiger partial charge in [-0.2, -0.15) is 0 Å². The van der Waals surface area contributed by atoms with Gasteiger partial charge in [0.05, 0.1) is 5.02 Å². The Kier molecular flexibility index (Phi) is 3.12. The van der Waals surface area contributed by atoms with E-state index in [9.17, 15) is 0 Å². The first-order chi connectivity index (χ1) is 7.58. The van der Waals surface area contributed by atoms with Crippen LogP contribution in [0.1, 0.15) is 24.8 Å². The van der Waals surface area contributed by atoms with Crippen molar-refractivity contribution in [3.05, 3.63) is 28.2 Å². The molecule has 0 aliphatic heterocycles. The van der Waals surface area contributed by atoms with Crippen molar-refractivity contribution in [1.82, 2.24) is 10.2 Å². The van der Waals surface area contributed by atoms with E-state index in [2.05, 4.69) is 24.0 Å². The van der Waals surface area contributed by atoms with Crippen molar-refractivity contribution in [2.24, 2.45) is 0 Å². The van der Waals surface area contributed by atoms with Crippen molar-refractivity contribution < 1.29 is 0 Å². The number of aromatic nitrogens is 2.